The molecule has 3 rings (SSSR count). The summed E-state index contributed by atoms with van der Waals surface area (Å²) < 4.78 is 5.22. The van der Waals surface area contributed by atoms with Gasteiger partial charge in [-0.1, -0.05) is 25.0 Å². The Kier molecular flexibility index (Phi) is 8.85. The van der Waals surface area contributed by atoms with Crippen molar-refractivity contribution in [1.82, 2.24) is 15.1 Å². The number of carbonyl (C=O) groups excluding carboxylic acids is 1. The molecule has 28 heavy (non-hydrogen) atoms. The zero-order valence-electron chi connectivity index (χ0n) is 17.2. The van der Waals surface area contributed by atoms with Crippen LogP contribution >= 0.6 is 24.0 Å². The highest BCUT2D eigenvalue weighted by molar-refractivity contribution is 14.0. The van der Waals surface area contributed by atoms with Crippen LogP contribution in [0.2, 0.25) is 0 Å². The van der Waals surface area contributed by atoms with Gasteiger partial charge in [-0.05, 0) is 42.4 Å². The molecule has 1 amide bonds. The molecule has 7 heteroatoms. The minimum atomic E-state index is 0. The lowest BCUT2D eigenvalue weighted by Crippen LogP contribution is -2.44. The molecule has 2 aliphatic rings. The Morgan fingerprint density at radius 3 is 2.32 bits per heavy atom. The number of aliphatic imine (C=N–C) groups is 1. The number of likely N-dealkylation sites (N-methyl/N-ethyl adjacent to an activating group) is 1. The monoisotopic (exact) mass is 500 g/mol. The van der Waals surface area contributed by atoms with Crippen LogP contribution in [0.25, 0.3) is 0 Å². The second-order valence-electron chi connectivity index (χ2n) is 7.84. The first-order valence-corrected chi connectivity index (χ1v) is 9.93. The molecule has 0 radical (unpaired) electrons. The molecule has 0 spiro atoms. The van der Waals surface area contributed by atoms with E-state index in [0.29, 0.717) is 6.54 Å². The first-order valence-electron chi connectivity index (χ1n) is 9.93. The van der Waals surface area contributed by atoms with Gasteiger partial charge >= 0.3 is 0 Å². The summed E-state index contributed by atoms with van der Waals surface area (Å²) in [6.45, 7) is 2.97. The Hall–Kier alpha value is -1.51. The molecule has 0 aromatic heterocycles. The van der Waals surface area contributed by atoms with Crippen LogP contribution in [-0.2, 0) is 11.3 Å². The van der Waals surface area contributed by atoms with Crippen molar-refractivity contribution in [2.75, 3.05) is 40.8 Å². The molecule has 1 saturated heterocycles. The number of carbonyl (C=O) groups is 1. The number of fused-ring (bicyclic) bond motifs is 1. The third-order valence-electron chi connectivity index (χ3n) is 5.74. The predicted octanol–water partition coefficient (Wildman–Crippen LogP) is 2.97. The van der Waals surface area contributed by atoms with Crippen molar-refractivity contribution in [1.29, 1.82) is 0 Å². The van der Waals surface area contributed by atoms with Crippen LogP contribution in [0.1, 0.15) is 31.2 Å². The molecule has 1 aromatic carbocycles. The maximum atomic E-state index is 12.0. The van der Waals surface area contributed by atoms with E-state index >= 15 is 0 Å². The third kappa shape index (κ3) is 5.99. The van der Waals surface area contributed by atoms with Gasteiger partial charge < -0.3 is 19.9 Å². The number of likely N-dealkylation sites (tertiary alicyclic amines) is 1. The number of amides is 1. The molecule has 2 unspecified atom stereocenters. The molecule has 6 nitrogen and oxygen atoms in total. The van der Waals surface area contributed by atoms with Gasteiger partial charge in [-0.15, -0.1) is 24.0 Å². The van der Waals surface area contributed by atoms with E-state index in [1.54, 1.807) is 26.1 Å². The predicted molar refractivity (Wildman–Crippen MR) is 123 cm³/mol. The van der Waals surface area contributed by atoms with Crippen molar-refractivity contribution >= 4 is 35.8 Å². The van der Waals surface area contributed by atoms with E-state index < -0.39 is 0 Å². The maximum absolute atomic E-state index is 12.0. The van der Waals surface area contributed by atoms with Gasteiger partial charge in [0.15, 0.2) is 5.96 Å². The van der Waals surface area contributed by atoms with E-state index in [9.17, 15) is 4.79 Å². The van der Waals surface area contributed by atoms with Crippen LogP contribution in [0.4, 0.5) is 0 Å². The molecule has 2 atom stereocenters. The summed E-state index contributed by atoms with van der Waals surface area (Å²) in [7, 11) is 5.23. The number of hydrogen-bond acceptors (Lipinski definition) is 3. The van der Waals surface area contributed by atoms with Gasteiger partial charge in [-0.2, -0.15) is 0 Å². The summed E-state index contributed by atoms with van der Waals surface area (Å²) in [5, 5.41) is 3.31. The van der Waals surface area contributed by atoms with E-state index in [4.69, 9.17) is 9.73 Å². The lowest BCUT2D eigenvalue weighted by molar-refractivity contribution is -0.127. The first kappa shape index (κ1) is 22.8. The number of methoxy groups -OCH3 is 1. The van der Waals surface area contributed by atoms with Gasteiger partial charge in [0, 0.05) is 27.2 Å². The van der Waals surface area contributed by atoms with Gasteiger partial charge in [-0.3, -0.25) is 4.79 Å². The van der Waals surface area contributed by atoms with E-state index in [0.717, 1.165) is 42.2 Å². The van der Waals surface area contributed by atoms with Crippen LogP contribution in [0.3, 0.4) is 0 Å². The third-order valence-corrected chi connectivity index (χ3v) is 5.74. The summed E-state index contributed by atoms with van der Waals surface area (Å²) >= 11 is 0. The normalized spacial score (nSPS) is 21.5. The minimum absolute atomic E-state index is 0. The van der Waals surface area contributed by atoms with Crippen LogP contribution < -0.4 is 10.1 Å². The van der Waals surface area contributed by atoms with E-state index in [1.807, 2.05) is 24.3 Å². The number of ether oxygens (including phenoxy) is 1. The molecule has 1 saturated carbocycles. The fourth-order valence-corrected chi connectivity index (χ4v) is 4.06. The molecule has 156 valence electrons. The summed E-state index contributed by atoms with van der Waals surface area (Å²) in [4.78, 5) is 20.8. The molecule has 1 aliphatic heterocycles. The zero-order valence-corrected chi connectivity index (χ0v) is 19.5. The van der Waals surface area contributed by atoms with E-state index in [2.05, 4.69) is 10.2 Å². The lowest BCUT2D eigenvalue weighted by atomic mass is 9.82. The number of halogens is 1. The summed E-state index contributed by atoms with van der Waals surface area (Å²) in [5.41, 5.74) is 1.13. The number of guanidine groups is 1. The van der Waals surface area contributed by atoms with E-state index in [-0.39, 0.29) is 36.4 Å². The second-order valence-corrected chi connectivity index (χ2v) is 7.84. The fraction of sp³-hybridized carbons (Fsp3) is 0.619. The van der Waals surface area contributed by atoms with Crippen LogP contribution in [0.5, 0.6) is 5.75 Å². The molecular weight excluding hydrogens is 467 g/mol. The van der Waals surface area contributed by atoms with Crippen LogP contribution in [0, 0.1) is 11.8 Å². The second kappa shape index (κ2) is 10.9. The smallest absolute Gasteiger partial charge is 0.241 e. The molecule has 0 bridgehead atoms. The molecule has 1 N–H and O–H groups in total. The number of benzene rings is 1. The van der Waals surface area contributed by atoms with Crippen molar-refractivity contribution in [3.05, 3.63) is 29.8 Å². The molecular formula is C21H33IN4O2. The minimum Gasteiger partial charge on any atom is -0.497 e. The largest absolute Gasteiger partial charge is 0.497 e. The average Bonchev–Trinajstić information content (AvgIpc) is 3.12. The van der Waals surface area contributed by atoms with Crippen molar-refractivity contribution in [3.8, 4) is 5.75 Å². The molecule has 1 heterocycles. The van der Waals surface area contributed by atoms with Gasteiger partial charge in [-0.25, -0.2) is 4.99 Å². The molecule has 1 aliphatic carbocycles. The van der Waals surface area contributed by atoms with Crippen molar-refractivity contribution in [2.24, 2.45) is 16.8 Å². The van der Waals surface area contributed by atoms with Gasteiger partial charge in [0.25, 0.3) is 0 Å². The first-order chi connectivity index (χ1) is 13.1. The standard InChI is InChI=1S/C21H32N4O2.HI/c1-24(2)20(26)13-23-21(22-12-16-8-10-19(27-3)11-9-16)25-14-17-6-4-5-7-18(17)15-25;/h8-11,17-18H,4-7,12-15H2,1-3H3,(H,22,23);1H. The van der Waals surface area contributed by atoms with Crippen molar-refractivity contribution in [3.63, 3.8) is 0 Å². The topological polar surface area (TPSA) is 57.2 Å². The number of nitrogens with one attached hydrogen (secondary N) is 1. The Morgan fingerprint density at radius 2 is 1.79 bits per heavy atom. The summed E-state index contributed by atoms with van der Waals surface area (Å²) in [5.74, 6) is 3.31. The zero-order chi connectivity index (χ0) is 19.2. The average molecular weight is 500 g/mol. The van der Waals surface area contributed by atoms with Gasteiger partial charge in [0.1, 0.15) is 5.75 Å². The number of rotatable bonds is 5. The quantitative estimate of drug-likeness (QED) is 0.384. The Balaban J connectivity index is 0.00000280. The summed E-state index contributed by atoms with van der Waals surface area (Å²) in [6.07, 6.45) is 5.34. The number of nitrogens with zero attached hydrogens (tertiary/aromatic N) is 3. The van der Waals surface area contributed by atoms with Crippen molar-refractivity contribution < 1.29 is 9.53 Å². The Labute approximate surface area is 185 Å². The Morgan fingerprint density at radius 1 is 1.18 bits per heavy atom. The highest BCUT2D eigenvalue weighted by atomic mass is 127. The SMILES string of the molecule is COc1ccc(CN=C(NCC(=O)N(C)C)N2CC3CCCCC3C2)cc1.I. The fourth-order valence-electron chi connectivity index (χ4n) is 4.06. The van der Waals surface area contributed by atoms with E-state index in [1.165, 1.54) is 25.7 Å². The number of hydrogen-bond donors (Lipinski definition) is 1. The van der Waals surface area contributed by atoms with Crippen molar-refractivity contribution in [2.45, 2.75) is 32.2 Å². The van der Waals surface area contributed by atoms with Gasteiger partial charge in [0.2, 0.25) is 5.91 Å². The highest BCUT2D eigenvalue weighted by Gasteiger charge is 2.35. The Bertz CT molecular complexity index is 649. The summed E-state index contributed by atoms with van der Waals surface area (Å²) in [6, 6.07) is 7.99. The van der Waals surface area contributed by atoms with Gasteiger partial charge in [0.05, 0.1) is 20.2 Å². The lowest BCUT2D eigenvalue weighted by Gasteiger charge is -2.23. The van der Waals surface area contributed by atoms with Crippen LogP contribution in [0.15, 0.2) is 29.3 Å². The molecule has 1 aromatic rings. The molecule has 2 fully saturated rings. The maximum Gasteiger partial charge on any atom is 0.241 e. The van der Waals surface area contributed by atoms with Crippen LogP contribution in [-0.4, -0.2) is 62.5 Å². The highest BCUT2D eigenvalue weighted by Crippen LogP contribution is 2.36.